The highest BCUT2D eigenvalue weighted by atomic mass is 16.1. The fourth-order valence-corrected chi connectivity index (χ4v) is 3.70. The molecule has 3 aliphatic carbocycles. The number of rotatable bonds is 1. The van der Waals surface area contributed by atoms with E-state index in [4.69, 9.17) is 0 Å². The Hall–Kier alpha value is -0.850. The fourth-order valence-electron chi connectivity index (χ4n) is 3.70. The predicted molar refractivity (Wildman–Crippen MR) is 51.1 cm³/mol. The largest absolute Gasteiger partial charge is 0.294 e. The lowest BCUT2D eigenvalue weighted by atomic mass is 9.57. The van der Waals surface area contributed by atoms with Crippen LogP contribution in [-0.2, 0) is 4.79 Å². The van der Waals surface area contributed by atoms with Crippen LogP contribution in [0.3, 0.4) is 0 Å². The molecule has 4 atom stereocenters. The standard InChI is InChI=1S/C12H14O/c1-2-8-7-9-3-4-11(13)12(9)6-5-10(8)12/h2-4,8-10H,1,5-7H2. The second kappa shape index (κ2) is 2.14. The van der Waals surface area contributed by atoms with Crippen molar-refractivity contribution >= 4 is 5.78 Å². The molecule has 13 heavy (non-hydrogen) atoms. The van der Waals surface area contributed by atoms with E-state index in [1.54, 1.807) is 0 Å². The van der Waals surface area contributed by atoms with Crippen LogP contribution < -0.4 is 0 Å². The molecule has 0 N–H and O–H groups in total. The molecule has 0 aromatic carbocycles. The molecule has 0 aromatic heterocycles. The van der Waals surface area contributed by atoms with Crippen molar-refractivity contribution in [2.75, 3.05) is 0 Å². The van der Waals surface area contributed by atoms with Gasteiger partial charge >= 0.3 is 0 Å². The molecule has 0 saturated heterocycles. The minimum Gasteiger partial charge on any atom is -0.294 e. The topological polar surface area (TPSA) is 17.1 Å². The van der Waals surface area contributed by atoms with Crippen molar-refractivity contribution in [3.8, 4) is 0 Å². The van der Waals surface area contributed by atoms with E-state index in [9.17, 15) is 4.79 Å². The van der Waals surface area contributed by atoms with Gasteiger partial charge in [-0.05, 0) is 43.1 Å². The number of hydrogen-bond donors (Lipinski definition) is 0. The molecule has 2 saturated carbocycles. The predicted octanol–water partition coefficient (Wildman–Crippen LogP) is 2.34. The maximum atomic E-state index is 11.8. The Morgan fingerprint density at radius 2 is 2.46 bits per heavy atom. The molecule has 1 nitrogen and oxygen atoms in total. The van der Waals surface area contributed by atoms with Crippen molar-refractivity contribution in [2.24, 2.45) is 23.2 Å². The molecule has 3 rings (SSSR count). The summed E-state index contributed by atoms with van der Waals surface area (Å²) >= 11 is 0. The smallest absolute Gasteiger partial charge is 0.162 e. The van der Waals surface area contributed by atoms with Gasteiger partial charge in [-0.25, -0.2) is 0 Å². The molecular formula is C12H14O. The first-order valence-corrected chi connectivity index (χ1v) is 5.14. The molecule has 2 fully saturated rings. The number of carbonyl (C=O) groups excluding carboxylic acids is 1. The van der Waals surface area contributed by atoms with Gasteiger partial charge in [0.05, 0.1) is 0 Å². The van der Waals surface area contributed by atoms with Gasteiger partial charge in [0.25, 0.3) is 0 Å². The molecule has 0 radical (unpaired) electrons. The average molecular weight is 174 g/mol. The van der Waals surface area contributed by atoms with Crippen LogP contribution in [0.4, 0.5) is 0 Å². The summed E-state index contributed by atoms with van der Waals surface area (Å²) in [7, 11) is 0. The number of hydrogen-bond acceptors (Lipinski definition) is 1. The van der Waals surface area contributed by atoms with Crippen LogP contribution in [0.5, 0.6) is 0 Å². The molecule has 1 heteroatoms. The van der Waals surface area contributed by atoms with Gasteiger partial charge in [-0.1, -0.05) is 12.2 Å². The minimum absolute atomic E-state index is 0.0544. The first-order chi connectivity index (χ1) is 6.29. The Balaban J connectivity index is 2.03. The van der Waals surface area contributed by atoms with Crippen LogP contribution in [0.2, 0.25) is 0 Å². The molecule has 0 bridgehead atoms. The van der Waals surface area contributed by atoms with Gasteiger partial charge in [-0.15, -0.1) is 6.58 Å². The molecular weight excluding hydrogens is 160 g/mol. The van der Waals surface area contributed by atoms with Crippen LogP contribution in [-0.4, -0.2) is 5.78 Å². The zero-order valence-corrected chi connectivity index (χ0v) is 7.70. The first kappa shape index (κ1) is 7.54. The molecule has 0 heterocycles. The van der Waals surface area contributed by atoms with Crippen molar-refractivity contribution in [2.45, 2.75) is 19.3 Å². The van der Waals surface area contributed by atoms with Gasteiger partial charge in [0.15, 0.2) is 5.78 Å². The zero-order valence-electron chi connectivity index (χ0n) is 7.70. The maximum absolute atomic E-state index is 11.8. The summed E-state index contributed by atoms with van der Waals surface area (Å²) in [6.07, 6.45) is 9.54. The monoisotopic (exact) mass is 174 g/mol. The van der Waals surface area contributed by atoms with Crippen LogP contribution >= 0.6 is 0 Å². The lowest BCUT2D eigenvalue weighted by molar-refractivity contribution is -0.133. The molecule has 0 amide bonds. The van der Waals surface area contributed by atoms with Crippen molar-refractivity contribution in [1.29, 1.82) is 0 Å². The van der Waals surface area contributed by atoms with E-state index in [0.717, 1.165) is 12.8 Å². The normalized spacial score (nSPS) is 51.4. The lowest BCUT2D eigenvalue weighted by Gasteiger charge is -2.45. The third kappa shape index (κ3) is 0.641. The fraction of sp³-hybridized carbons (Fsp3) is 0.583. The molecule has 68 valence electrons. The average Bonchev–Trinajstić information content (AvgIpc) is 2.51. The third-order valence-corrected chi connectivity index (χ3v) is 4.48. The van der Waals surface area contributed by atoms with Crippen LogP contribution in [0.25, 0.3) is 0 Å². The van der Waals surface area contributed by atoms with Gasteiger partial charge in [-0.3, -0.25) is 4.79 Å². The molecule has 3 aliphatic rings. The van der Waals surface area contributed by atoms with E-state index in [2.05, 4.69) is 18.7 Å². The highest BCUT2D eigenvalue weighted by Gasteiger charge is 2.63. The summed E-state index contributed by atoms with van der Waals surface area (Å²) in [5.41, 5.74) is 0.0544. The van der Waals surface area contributed by atoms with Crippen molar-refractivity contribution in [1.82, 2.24) is 0 Å². The van der Waals surface area contributed by atoms with Crippen LogP contribution in [0.1, 0.15) is 19.3 Å². The lowest BCUT2D eigenvalue weighted by Crippen LogP contribution is -2.45. The van der Waals surface area contributed by atoms with E-state index in [-0.39, 0.29) is 5.41 Å². The number of carbonyl (C=O) groups is 1. The van der Waals surface area contributed by atoms with Crippen LogP contribution in [0.15, 0.2) is 24.8 Å². The summed E-state index contributed by atoms with van der Waals surface area (Å²) in [6.45, 7) is 3.88. The molecule has 1 spiro atoms. The van der Waals surface area contributed by atoms with E-state index in [1.165, 1.54) is 6.42 Å². The van der Waals surface area contributed by atoms with E-state index in [0.29, 0.717) is 23.5 Å². The highest BCUT2D eigenvalue weighted by molar-refractivity contribution is 5.99. The summed E-state index contributed by atoms with van der Waals surface area (Å²) in [4.78, 5) is 11.8. The Morgan fingerprint density at radius 1 is 1.62 bits per heavy atom. The van der Waals surface area contributed by atoms with Crippen molar-refractivity contribution in [3.63, 3.8) is 0 Å². The Bertz CT molecular complexity index is 315. The Morgan fingerprint density at radius 3 is 3.00 bits per heavy atom. The summed E-state index contributed by atoms with van der Waals surface area (Å²) < 4.78 is 0. The minimum atomic E-state index is 0.0544. The molecule has 0 aliphatic heterocycles. The van der Waals surface area contributed by atoms with Crippen LogP contribution in [0, 0.1) is 23.2 Å². The Labute approximate surface area is 78.5 Å². The van der Waals surface area contributed by atoms with Gasteiger partial charge in [0.2, 0.25) is 0 Å². The number of ketones is 1. The number of allylic oxidation sites excluding steroid dienone is 3. The van der Waals surface area contributed by atoms with Crippen molar-refractivity contribution in [3.05, 3.63) is 24.8 Å². The van der Waals surface area contributed by atoms with Gasteiger partial charge in [0.1, 0.15) is 0 Å². The maximum Gasteiger partial charge on any atom is 0.162 e. The zero-order chi connectivity index (χ0) is 9.05. The molecule has 0 aromatic rings. The quantitative estimate of drug-likeness (QED) is 0.558. The summed E-state index contributed by atoms with van der Waals surface area (Å²) in [6, 6.07) is 0. The van der Waals surface area contributed by atoms with Gasteiger partial charge in [0, 0.05) is 5.41 Å². The third-order valence-electron chi connectivity index (χ3n) is 4.48. The summed E-state index contributed by atoms with van der Waals surface area (Å²) in [5, 5.41) is 0. The SMILES string of the molecule is C=CC1CC2C=CC(=O)C23CCC13. The Kier molecular flexibility index (Phi) is 1.24. The van der Waals surface area contributed by atoms with Gasteiger partial charge in [-0.2, -0.15) is 0 Å². The van der Waals surface area contributed by atoms with E-state index < -0.39 is 0 Å². The van der Waals surface area contributed by atoms with E-state index in [1.807, 2.05) is 6.08 Å². The van der Waals surface area contributed by atoms with Gasteiger partial charge < -0.3 is 0 Å². The second-order valence-electron chi connectivity index (χ2n) is 4.65. The second-order valence-corrected chi connectivity index (χ2v) is 4.65. The van der Waals surface area contributed by atoms with E-state index >= 15 is 0 Å². The molecule has 4 unspecified atom stereocenters. The van der Waals surface area contributed by atoms with Crippen molar-refractivity contribution < 1.29 is 4.79 Å². The first-order valence-electron chi connectivity index (χ1n) is 5.14. The highest BCUT2D eigenvalue weighted by Crippen LogP contribution is 2.66. The summed E-state index contributed by atoms with van der Waals surface area (Å²) in [5.74, 6) is 2.17.